The van der Waals surface area contributed by atoms with E-state index in [1.807, 2.05) is 0 Å². The van der Waals surface area contributed by atoms with Crippen LogP contribution in [0.2, 0.25) is 0 Å². The molecule has 3 rings (SSSR count). The van der Waals surface area contributed by atoms with Gasteiger partial charge in [0.15, 0.2) is 0 Å². The van der Waals surface area contributed by atoms with Crippen molar-refractivity contribution in [2.75, 3.05) is 0 Å². The van der Waals surface area contributed by atoms with Crippen molar-refractivity contribution in [1.29, 1.82) is 0 Å². The van der Waals surface area contributed by atoms with Crippen molar-refractivity contribution < 1.29 is 0 Å². The average molecular weight is 305 g/mol. The fourth-order valence-corrected chi connectivity index (χ4v) is 7.45. The van der Waals surface area contributed by atoms with Crippen molar-refractivity contribution >= 4 is 0 Å². The Kier molecular flexibility index (Phi) is 4.45. The zero-order valence-corrected chi connectivity index (χ0v) is 16.1. The van der Waals surface area contributed by atoms with Crippen molar-refractivity contribution in [2.24, 2.45) is 46.3 Å². The van der Waals surface area contributed by atoms with Crippen LogP contribution in [0.25, 0.3) is 0 Å². The molecule has 0 spiro atoms. The monoisotopic (exact) mass is 304 g/mol. The van der Waals surface area contributed by atoms with E-state index in [0.717, 1.165) is 35.5 Å². The van der Waals surface area contributed by atoms with E-state index in [1.165, 1.54) is 32.1 Å². The topological polar surface area (TPSA) is 0 Å². The van der Waals surface area contributed by atoms with Crippen LogP contribution >= 0.6 is 0 Å². The van der Waals surface area contributed by atoms with Crippen LogP contribution in [-0.2, 0) is 0 Å². The van der Waals surface area contributed by atoms with E-state index < -0.39 is 0 Å². The minimum atomic E-state index is 0.598. The molecule has 0 aromatic rings. The Balaban J connectivity index is 1.83. The normalized spacial score (nSPS) is 45.4. The summed E-state index contributed by atoms with van der Waals surface area (Å²) in [4.78, 5) is 0. The van der Waals surface area contributed by atoms with Gasteiger partial charge in [0.25, 0.3) is 0 Å². The maximum absolute atomic E-state index is 2.71. The minimum Gasteiger partial charge on any atom is -0.0628 e. The van der Waals surface area contributed by atoms with E-state index in [-0.39, 0.29) is 0 Å². The van der Waals surface area contributed by atoms with Gasteiger partial charge >= 0.3 is 0 Å². The highest BCUT2D eigenvalue weighted by Crippen LogP contribution is 2.68. The number of hydrogen-bond acceptors (Lipinski definition) is 0. The Morgan fingerprint density at radius 2 is 1.64 bits per heavy atom. The van der Waals surface area contributed by atoms with Crippen molar-refractivity contribution in [3.05, 3.63) is 0 Å². The standard InChI is InChI=1S/C22H40/c1-15(2)13-16(3)18-10-11-19-17-9-7-8-12-21(4,5)20(17)14-22(18,19)6/h15-20H,7-14H2,1-6H3. The van der Waals surface area contributed by atoms with Gasteiger partial charge in [0.2, 0.25) is 0 Å². The Hall–Kier alpha value is 0. The van der Waals surface area contributed by atoms with E-state index in [0.29, 0.717) is 10.8 Å². The third kappa shape index (κ3) is 2.67. The first-order chi connectivity index (χ1) is 10.3. The second-order valence-corrected chi connectivity index (χ2v) is 10.6. The van der Waals surface area contributed by atoms with Crippen LogP contribution in [0.3, 0.4) is 0 Å². The largest absolute Gasteiger partial charge is 0.0628 e. The summed E-state index contributed by atoms with van der Waals surface area (Å²) in [5.41, 5.74) is 1.26. The molecule has 0 radical (unpaired) electrons. The second-order valence-electron chi connectivity index (χ2n) is 10.6. The molecule has 3 aliphatic rings. The van der Waals surface area contributed by atoms with Gasteiger partial charge < -0.3 is 0 Å². The molecule has 0 nitrogen and oxygen atoms in total. The number of hydrogen-bond donors (Lipinski definition) is 0. The minimum absolute atomic E-state index is 0.598. The zero-order chi connectivity index (χ0) is 16.1. The van der Waals surface area contributed by atoms with Gasteiger partial charge in [-0.05, 0) is 84.9 Å². The summed E-state index contributed by atoms with van der Waals surface area (Å²) in [5.74, 6) is 5.91. The predicted octanol–water partition coefficient (Wildman–Crippen LogP) is 6.94. The van der Waals surface area contributed by atoms with Gasteiger partial charge in [-0.3, -0.25) is 0 Å². The van der Waals surface area contributed by atoms with Crippen molar-refractivity contribution in [3.63, 3.8) is 0 Å². The summed E-state index contributed by atoms with van der Waals surface area (Å²) < 4.78 is 0. The molecule has 6 unspecified atom stereocenters. The van der Waals surface area contributed by atoms with Gasteiger partial charge in [-0.25, -0.2) is 0 Å². The van der Waals surface area contributed by atoms with Gasteiger partial charge in [-0.2, -0.15) is 0 Å². The lowest BCUT2D eigenvalue weighted by Crippen LogP contribution is -2.31. The Labute approximate surface area is 139 Å². The highest BCUT2D eigenvalue weighted by Gasteiger charge is 2.60. The molecule has 0 aromatic heterocycles. The molecule has 0 saturated heterocycles. The van der Waals surface area contributed by atoms with Crippen LogP contribution in [0.15, 0.2) is 0 Å². The molecule has 0 aromatic carbocycles. The van der Waals surface area contributed by atoms with Gasteiger partial charge in [-0.15, -0.1) is 0 Å². The second kappa shape index (κ2) is 5.82. The van der Waals surface area contributed by atoms with Crippen LogP contribution in [0.5, 0.6) is 0 Å². The Morgan fingerprint density at radius 3 is 2.32 bits per heavy atom. The maximum atomic E-state index is 2.71. The number of fused-ring (bicyclic) bond motifs is 3. The van der Waals surface area contributed by atoms with E-state index >= 15 is 0 Å². The van der Waals surface area contributed by atoms with E-state index in [1.54, 1.807) is 19.3 Å². The number of rotatable bonds is 3. The summed E-state index contributed by atoms with van der Waals surface area (Å²) in [7, 11) is 0. The molecule has 0 heterocycles. The van der Waals surface area contributed by atoms with Crippen LogP contribution in [0.1, 0.15) is 92.9 Å². The first-order valence-electron chi connectivity index (χ1n) is 10.3. The fourth-order valence-electron chi connectivity index (χ4n) is 7.45. The maximum Gasteiger partial charge on any atom is -0.0261 e. The molecule has 0 aliphatic heterocycles. The molecule has 0 bridgehead atoms. The Bertz CT molecular complexity index is 393. The molecule has 128 valence electrons. The molecule has 0 amide bonds. The third-order valence-corrected chi connectivity index (χ3v) is 8.32. The lowest BCUT2D eigenvalue weighted by Gasteiger charge is -2.38. The SMILES string of the molecule is CC(C)CC(C)C1CCC2C3CCCCC(C)(C)C3CC12C. The highest BCUT2D eigenvalue weighted by molar-refractivity contribution is 5.09. The van der Waals surface area contributed by atoms with E-state index in [2.05, 4.69) is 41.5 Å². The molecule has 3 fully saturated rings. The first kappa shape index (κ1) is 16.8. The third-order valence-electron chi connectivity index (χ3n) is 8.32. The van der Waals surface area contributed by atoms with E-state index in [9.17, 15) is 0 Å². The molecular weight excluding hydrogens is 264 g/mol. The predicted molar refractivity (Wildman–Crippen MR) is 96.8 cm³/mol. The van der Waals surface area contributed by atoms with Gasteiger partial charge in [0, 0.05) is 0 Å². The smallest absolute Gasteiger partial charge is 0.0261 e. The molecule has 6 atom stereocenters. The van der Waals surface area contributed by atoms with Crippen molar-refractivity contribution in [1.82, 2.24) is 0 Å². The summed E-state index contributed by atoms with van der Waals surface area (Å²) >= 11 is 0. The molecule has 3 saturated carbocycles. The molecule has 0 N–H and O–H groups in total. The zero-order valence-electron chi connectivity index (χ0n) is 16.1. The van der Waals surface area contributed by atoms with Crippen LogP contribution in [0.4, 0.5) is 0 Å². The lowest BCUT2D eigenvalue weighted by molar-refractivity contribution is 0.106. The average Bonchev–Trinajstić information content (AvgIpc) is 2.82. The van der Waals surface area contributed by atoms with Gasteiger partial charge in [-0.1, -0.05) is 54.4 Å². The quantitative estimate of drug-likeness (QED) is 0.530. The van der Waals surface area contributed by atoms with Crippen LogP contribution in [-0.4, -0.2) is 0 Å². The lowest BCUT2D eigenvalue weighted by atomic mass is 9.66. The van der Waals surface area contributed by atoms with Gasteiger partial charge in [0.05, 0.1) is 0 Å². The molecule has 3 aliphatic carbocycles. The van der Waals surface area contributed by atoms with E-state index in [4.69, 9.17) is 0 Å². The summed E-state index contributed by atoms with van der Waals surface area (Å²) in [5, 5.41) is 0. The van der Waals surface area contributed by atoms with Gasteiger partial charge in [0.1, 0.15) is 0 Å². The van der Waals surface area contributed by atoms with Crippen LogP contribution in [0, 0.1) is 46.3 Å². The molecule has 22 heavy (non-hydrogen) atoms. The molecule has 0 heteroatoms. The van der Waals surface area contributed by atoms with Crippen LogP contribution < -0.4 is 0 Å². The van der Waals surface area contributed by atoms with Crippen molar-refractivity contribution in [3.8, 4) is 0 Å². The summed E-state index contributed by atoms with van der Waals surface area (Å²) in [6.07, 6.45) is 12.1. The van der Waals surface area contributed by atoms with Crippen molar-refractivity contribution in [2.45, 2.75) is 92.9 Å². The summed E-state index contributed by atoms with van der Waals surface area (Å²) in [6, 6.07) is 0. The molecular formula is C22H40. The Morgan fingerprint density at radius 1 is 0.909 bits per heavy atom. The summed E-state index contributed by atoms with van der Waals surface area (Å²) in [6.45, 7) is 15.3. The highest BCUT2D eigenvalue weighted by atomic mass is 14.6. The first-order valence-corrected chi connectivity index (χ1v) is 10.3. The fraction of sp³-hybridized carbons (Fsp3) is 1.00.